The standard InChI is InChI=1S/C21H16BrClN2O2/c22-18-7-5-17(6-8-18)21(26)25-24-13-15-3-11-20(12-4-15)27-14-16-1-9-19(23)10-2-16/h1-13H,14H2,(H,25,26)/b24-13+. The normalized spacial score (nSPS) is 10.7. The Labute approximate surface area is 171 Å². The summed E-state index contributed by atoms with van der Waals surface area (Å²) in [5, 5.41) is 4.69. The minimum Gasteiger partial charge on any atom is -0.489 e. The Morgan fingerprint density at radius 2 is 1.67 bits per heavy atom. The van der Waals surface area contributed by atoms with E-state index in [1.54, 1.807) is 30.5 Å². The van der Waals surface area contributed by atoms with Gasteiger partial charge in [-0.25, -0.2) is 5.43 Å². The smallest absolute Gasteiger partial charge is 0.271 e. The van der Waals surface area contributed by atoms with Gasteiger partial charge in [-0.3, -0.25) is 4.79 Å². The zero-order chi connectivity index (χ0) is 19.1. The van der Waals surface area contributed by atoms with Gasteiger partial charge in [0.05, 0.1) is 6.21 Å². The van der Waals surface area contributed by atoms with Gasteiger partial charge in [0.15, 0.2) is 0 Å². The predicted octanol–water partition coefficient (Wildman–Crippen LogP) is 5.45. The van der Waals surface area contributed by atoms with Crippen molar-refractivity contribution >= 4 is 39.7 Å². The second-order valence-corrected chi connectivity index (χ2v) is 7.04. The fourth-order valence-corrected chi connectivity index (χ4v) is 2.62. The maximum atomic E-state index is 12.0. The van der Waals surface area contributed by atoms with Gasteiger partial charge >= 0.3 is 0 Å². The van der Waals surface area contributed by atoms with Crippen LogP contribution in [0.5, 0.6) is 5.75 Å². The van der Waals surface area contributed by atoms with E-state index in [9.17, 15) is 4.79 Å². The lowest BCUT2D eigenvalue weighted by molar-refractivity contribution is 0.0955. The van der Waals surface area contributed by atoms with Crippen molar-refractivity contribution in [1.29, 1.82) is 0 Å². The molecule has 0 saturated heterocycles. The van der Waals surface area contributed by atoms with Gasteiger partial charge in [-0.05, 0) is 71.8 Å². The molecule has 1 amide bonds. The Morgan fingerprint density at radius 3 is 2.33 bits per heavy atom. The largest absolute Gasteiger partial charge is 0.489 e. The number of nitrogens with zero attached hydrogens (tertiary/aromatic N) is 1. The quantitative estimate of drug-likeness (QED) is 0.407. The van der Waals surface area contributed by atoms with Crippen molar-refractivity contribution in [2.75, 3.05) is 0 Å². The molecule has 0 aliphatic heterocycles. The number of benzene rings is 3. The van der Waals surface area contributed by atoms with Gasteiger partial charge in [-0.1, -0.05) is 39.7 Å². The van der Waals surface area contributed by atoms with Crippen LogP contribution in [0, 0.1) is 0 Å². The monoisotopic (exact) mass is 442 g/mol. The molecule has 3 aromatic carbocycles. The van der Waals surface area contributed by atoms with Crippen molar-refractivity contribution in [2.24, 2.45) is 5.10 Å². The Bertz CT molecular complexity index is 924. The first-order valence-electron chi connectivity index (χ1n) is 8.16. The number of hydrazone groups is 1. The van der Waals surface area contributed by atoms with Crippen LogP contribution in [0.15, 0.2) is 82.4 Å². The van der Waals surface area contributed by atoms with Crippen molar-refractivity contribution in [3.63, 3.8) is 0 Å². The summed E-state index contributed by atoms with van der Waals surface area (Å²) >= 11 is 9.20. The van der Waals surface area contributed by atoms with E-state index in [0.29, 0.717) is 17.2 Å². The molecule has 4 nitrogen and oxygen atoms in total. The maximum Gasteiger partial charge on any atom is 0.271 e. The van der Waals surface area contributed by atoms with E-state index in [2.05, 4.69) is 26.5 Å². The Balaban J connectivity index is 1.50. The molecule has 0 saturated carbocycles. The van der Waals surface area contributed by atoms with E-state index in [1.165, 1.54) is 0 Å². The van der Waals surface area contributed by atoms with Crippen LogP contribution in [0.3, 0.4) is 0 Å². The van der Waals surface area contributed by atoms with Crippen LogP contribution in [0.1, 0.15) is 21.5 Å². The molecule has 0 unspecified atom stereocenters. The minimum atomic E-state index is -0.262. The third-order valence-corrected chi connectivity index (χ3v) is 4.47. The predicted molar refractivity (Wildman–Crippen MR) is 111 cm³/mol. The fraction of sp³-hybridized carbons (Fsp3) is 0.0476. The maximum absolute atomic E-state index is 12.0. The topological polar surface area (TPSA) is 50.7 Å². The lowest BCUT2D eigenvalue weighted by atomic mass is 10.2. The summed E-state index contributed by atoms with van der Waals surface area (Å²) in [6.45, 7) is 0.466. The van der Waals surface area contributed by atoms with Gasteiger partial charge in [0.2, 0.25) is 0 Å². The van der Waals surface area contributed by atoms with Crippen LogP contribution in [-0.2, 0) is 6.61 Å². The first-order valence-corrected chi connectivity index (χ1v) is 9.33. The van der Waals surface area contributed by atoms with E-state index in [0.717, 1.165) is 21.3 Å². The van der Waals surface area contributed by atoms with Crippen LogP contribution in [0.25, 0.3) is 0 Å². The summed E-state index contributed by atoms with van der Waals surface area (Å²) in [7, 11) is 0. The van der Waals surface area contributed by atoms with Crippen molar-refractivity contribution in [1.82, 2.24) is 5.43 Å². The molecule has 136 valence electrons. The van der Waals surface area contributed by atoms with E-state index in [1.807, 2.05) is 48.5 Å². The van der Waals surface area contributed by atoms with E-state index in [4.69, 9.17) is 16.3 Å². The average Bonchev–Trinajstić information content (AvgIpc) is 2.69. The van der Waals surface area contributed by atoms with Crippen LogP contribution in [0.4, 0.5) is 0 Å². The number of hydrogen-bond acceptors (Lipinski definition) is 3. The summed E-state index contributed by atoms with van der Waals surface area (Å²) < 4.78 is 6.65. The number of nitrogens with one attached hydrogen (secondary N) is 1. The highest BCUT2D eigenvalue weighted by Crippen LogP contribution is 2.15. The second kappa shape index (κ2) is 9.35. The highest BCUT2D eigenvalue weighted by atomic mass is 79.9. The summed E-state index contributed by atoms with van der Waals surface area (Å²) in [4.78, 5) is 12.0. The molecule has 27 heavy (non-hydrogen) atoms. The molecule has 3 aromatic rings. The zero-order valence-corrected chi connectivity index (χ0v) is 16.6. The van der Waals surface area contributed by atoms with Crippen molar-refractivity contribution in [3.05, 3.63) is 99.0 Å². The molecule has 0 bridgehead atoms. The molecule has 0 fully saturated rings. The number of halogens is 2. The molecular weight excluding hydrogens is 428 g/mol. The molecule has 6 heteroatoms. The van der Waals surface area contributed by atoms with E-state index >= 15 is 0 Å². The average molecular weight is 444 g/mol. The number of carbonyl (C=O) groups excluding carboxylic acids is 1. The number of ether oxygens (including phenoxy) is 1. The van der Waals surface area contributed by atoms with Gasteiger partial charge in [-0.15, -0.1) is 0 Å². The van der Waals surface area contributed by atoms with Crippen LogP contribution in [0.2, 0.25) is 5.02 Å². The van der Waals surface area contributed by atoms with Gasteiger partial charge < -0.3 is 4.74 Å². The molecule has 0 radical (unpaired) electrons. The SMILES string of the molecule is O=C(N/N=C/c1ccc(OCc2ccc(Cl)cc2)cc1)c1ccc(Br)cc1. The van der Waals surface area contributed by atoms with Crippen LogP contribution >= 0.6 is 27.5 Å². The van der Waals surface area contributed by atoms with Crippen LogP contribution in [-0.4, -0.2) is 12.1 Å². The summed E-state index contributed by atoms with van der Waals surface area (Å²) in [6.07, 6.45) is 1.58. The number of carbonyl (C=O) groups is 1. The lowest BCUT2D eigenvalue weighted by Crippen LogP contribution is -2.17. The summed E-state index contributed by atoms with van der Waals surface area (Å²) in [5.41, 5.74) is 4.94. The molecule has 3 rings (SSSR count). The lowest BCUT2D eigenvalue weighted by Gasteiger charge is -2.06. The zero-order valence-electron chi connectivity index (χ0n) is 14.2. The van der Waals surface area contributed by atoms with E-state index < -0.39 is 0 Å². The Hall–Kier alpha value is -2.63. The Morgan fingerprint density at radius 1 is 1.00 bits per heavy atom. The number of hydrogen-bond donors (Lipinski definition) is 1. The van der Waals surface area contributed by atoms with Crippen molar-refractivity contribution in [3.8, 4) is 5.75 Å². The van der Waals surface area contributed by atoms with Crippen LogP contribution < -0.4 is 10.2 Å². The summed E-state index contributed by atoms with van der Waals surface area (Å²) in [5.74, 6) is 0.489. The second-order valence-electron chi connectivity index (χ2n) is 5.69. The molecule has 0 aromatic heterocycles. The first-order chi connectivity index (χ1) is 13.1. The van der Waals surface area contributed by atoms with Crippen molar-refractivity contribution < 1.29 is 9.53 Å². The molecule has 0 spiro atoms. The van der Waals surface area contributed by atoms with Gasteiger partial charge in [-0.2, -0.15) is 5.10 Å². The molecular formula is C21H16BrClN2O2. The van der Waals surface area contributed by atoms with Gasteiger partial charge in [0.25, 0.3) is 5.91 Å². The molecule has 0 aliphatic carbocycles. The minimum absolute atomic E-state index is 0.262. The van der Waals surface area contributed by atoms with E-state index in [-0.39, 0.29) is 5.91 Å². The highest BCUT2D eigenvalue weighted by molar-refractivity contribution is 9.10. The highest BCUT2D eigenvalue weighted by Gasteiger charge is 2.03. The Kier molecular flexibility index (Phi) is 6.63. The first kappa shape index (κ1) is 19.1. The molecule has 1 N–H and O–H groups in total. The summed E-state index contributed by atoms with van der Waals surface area (Å²) in [6, 6.07) is 22.0. The number of rotatable bonds is 6. The van der Waals surface area contributed by atoms with Crippen molar-refractivity contribution in [2.45, 2.75) is 6.61 Å². The third kappa shape index (κ3) is 5.94. The fourth-order valence-electron chi connectivity index (χ4n) is 2.23. The molecule has 0 atom stereocenters. The molecule has 0 aliphatic rings. The van der Waals surface area contributed by atoms with Gasteiger partial charge in [0, 0.05) is 15.1 Å². The third-order valence-electron chi connectivity index (χ3n) is 3.68. The van der Waals surface area contributed by atoms with Gasteiger partial charge in [0.1, 0.15) is 12.4 Å². The number of amides is 1. The molecule has 0 heterocycles.